The van der Waals surface area contributed by atoms with E-state index in [0.29, 0.717) is 13.2 Å². The van der Waals surface area contributed by atoms with E-state index in [1.54, 1.807) is 7.11 Å². The molecule has 18 heavy (non-hydrogen) atoms. The molecule has 0 spiro atoms. The van der Waals surface area contributed by atoms with E-state index in [2.05, 4.69) is 12.2 Å². The standard InChI is InChI=1S/C14H22FNO2/c1-12(13-4-6-14(15)7-5-13)16-8-3-9-18-11-10-17-2/h4-7,12,16H,3,8-11H2,1-2H3/t12-/m1/s1. The fourth-order valence-corrected chi connectivity index (χ4v) is 1.61. The molecule has 0 aromatic heterocycles. The third kappa shape index (κ3) is 6.10. The largest absolute Gasteiger partial charge is 0.382 e. The molecule has 1 rings (SSSR count). The normalized spacial score (nSPS) is 12.6. The van der Waals surface area contributed by atoms with Crippen molar-refractivity contribution in [1.29, 1.82) is 0 Å². The van der Waals surface area contributed by atoms with Gasteiger partial charge in [0.25, 0.3) is 0 Å². The highest BCUT2D eigenvalue weighted by Crippen LogP contribution is 2.12. The van der Waals surface area contributed by atoms with Crippen molar-refractivity contribution >= 4 is 0 Å². The Labute approximate surface area is 108 Å². The van der Waals surface area contributed by atoms with E-state index in [1.807, 2.05) is 12.1 Å². The summed E-state index contributed by atoms with van der Waals surface area (Å²) < 4.78 is 23.0. The monoisotopic (exact) mass is 255 g/mol. The lowest BCUT2D eigenvalue weighted by molar-refractivity contribution is 0.0693. The van der Waals surface area contributed by atoms with Crippen molar-refractivity contribution in [3.63, 3.8) is 0 Å². The lowest BCUT2D eigenvalue weighted by Crippen LogP contribution is -2.21. The Balaban J connectivity index is 2.10. The second-order valence-electron chi connectivity index (χ2n) is 4.19. The first-order valence-corrected chi connectivity index (χ1v) is 6.29. The molecule has 1 aromatic carbocycles. The van der Waals surface area contributed by atoms with Crippen LogP contribution in [0.25, 0.3) is 0 Å². The second-order valence-corrected chi connectivity index (χ2v) is 4.19. The molecule has 0 heterocycles. The van der Waals surface area contributed by atoms with Crippen LogP contribution >= 0.6 is 0 Å². The molecule has 0 aliphatic rings. The van der Waals surface area contributed by atoms with Crippen molar-refractivity contribution in [3.05, 3.63) is 35.6 Å². The van der Waals surface area contributed by atoms with Crippen LogP contribution in [-0.2, 0) is 9.47 Å². The average Bonchev–Trinajstić information content (AvgIpc) is 2.38. The topological polar surface area (TPSA) is 30.5 Å². The van der Waals surface area contributed by atoms with Crippen molar-refractivity contribution in [2.24, 2.45) is 0 Å². The molecule has 0 amide bonds. The number of nitrogens with one attached hydrogen (secondary N) is 1. The molecule has 0 bridgehead atoms. The van der Waals surface area contributed by atoms with Crippen LogP contribution in [0, 0.1) is 5.82 Å². The molecule has 1 aromatic rings. The summed E-state index contributed by atoms with van der Waals surface area (Å²) in [5.41, 5.74) is 1.09. The van der Waals surface area contributed by atoms with Gasteiger partial charge in [-0.3, -0.25) is 0 Å². The summed E-state index contributed by atoms with van der Waals surface area (Å²) in [4.78, 5) is 0. The number of rotatable bonds is 9. The molecule has 102 valence electrons. The number of methoxy groups -OCH3 is 1. The summed E-state index contributed by atoms with van der Waals surface area (Å²) in [6.45, 7) is 4.96. The van der Waals surface area contributed by atoms with Crippen LogP contribution in [-0.4, -0.2) is 33.5 Å². The Morgan fingerprint density at radius 1 is 1.17 bits per heavy atom. The summed E-state index contributed by atoms with van der Waals surface area (Å²) in [5.74, 6) is -0.197. The van der Waals surface area contributed by atoms with E-state index in [4.69, 9.17) is 9.47 Å². The quantitative estimate of drug-likeness (QED) is 0.688. The maximum absolute atomic E-state index is 12.8. The first-order chi connectivity index (χ1) is 8.74. The summed E-state index contributed by atoms with van der Waals surface area (Å²) >= 11 is 0. The molecular formula is C14H22FNO2. The Hall–Kier alpha value is -0.970. The lowest BCUT2D eigenvalue weighted by atomic mass is 10.1. The minimum absolute atomic E-state index is 0.197. The van der Waals surface area contributed by atoms with Crippen LogP contribution in [0.1, 0.15) is 24.9 Å². The van der Waals surface area contributed by atoms with Gasteiger partial charge in [-0.05, 0) is 37.6 Å². The smallest absolute Gasteiger partial charge is 0.123 e. The van der Waals surface area contributed by atoms with E-state index in [9.17, 15) is 4.39 Å². The first-order valence-electron chi connectivity index (χ1n) is 6.29. The Bertz CT molecular complexity index is 316. The minimum Gasteiger partial charge on any atom is -0.382 e. The van der Waals surface area contributed by atoms with Gasteiger partial charge in [0.1, 0.15) is 5.82 Å². The fraction of sp³-hybridized carbons (Fsp3) is 0.571. The molecule has 0 aliphatic carbocycles. The van der Waals surface area contributed by atoms with Crippen LogP contribution < -0.4 is 5.32 Å². The van der Waals surface area contributed by atoms with Gasteiger partial charge in [0.05, 0.1) is 13.2 Å². The molecule has 0 radical (unpaired) electrons. The third-order valence-corrected chi connectivity index (χ3v) is 2.72. The second kappa shape index (κ2) is 9.03. The SMILES string of the molecule is COCCOCCCN[C@H](C)c1ccc(F)cc1. The van der Waals surface area contributed by atoms with Crippen molar-refractivity contribution < 1.29 is 13.9 Å². The Morgan fingerprint density at radius 3 is 2.56 bits per heavy atom. The van der Waals surface area contributed by atoms with E-state index in [1.165, 1.54) is 12.1 Å². The predicted molar refractivity (Wildman–Crippen MR) is 70.1 cm³/mol. The van der Waals surface area contributed by atoms with E-state index in [0.717, 1.165) is 25.1 Å². The van der Waals surface area contributed by atoms with Crippen molar-refractivity contribution in [1.82, 2.24) is 5.32 Å². The molecule has 0 saturated carbocycles. The fourth-order valence-electron chi connectivity index (χ4n) is 1.61. The van der Waals surface area contributed by atoms with Gasteiger partial charge < -0.3 is 14.8 Å². The molecule has 0 saturated heterocycles. The molecular weight excluding hydrogens is 233 g/mol. The van der Waals surface area contributed by atoms with E-state index >= 15 is 0 Å². The zero-order valence-corrected chi connectivity index (χ0v) is 11.1. The highest BCUT2D eigenvalue weighted by atomic mass is 19.1. The molecule has 4 heteroatoms. The van der Waals surface area contributed by atoms with Crippen molar-refractivity contribution in [2.45, 2.75) is 19.4 Å². The molecule has 0 unspecified atom stereocenters. The molecule has 1 N–H and O–H groups in total. The summed E-state index contributed by atoms with van der Waals surface area (Å²) in [6, 6.07) is 6.82. The average molecular weight is 255 g/mol. The molecule has 1 atom stereocenters. The van der Waals surface area contributed by atoms with Gasteiger partial charge in [-0.25, -0.2) is 4.39 Å². The van der Waals surface area contributed by atoms with Gasteiger partial charge in [0.15, 0.2) is 0 Å². The first kappa shape index (κ1) is 15.1. The van der Waals surface area contributed by atoms with Gasteiger partial charge in [-0.2, -0.15) is 0 Å². The molecule has 0 aliphatic heterocycles. The Morgan fingerprint density at radius 2 is 1.89 bits per heavy atom. The van der Waals surface area contributed by atoms with Gasteiger partial charge in [-0.15, -0.1) is 0 Å². The van der Waals surface area contributed by atoms with Crippen LogP contribution in [0.4, 0.5) is 4.39 Å². The van der Waals surface area contributed by atoms with Gasteiger partial charge in [-0.1, -0.05) is 12.1 Å². The predicted octanol–water partition coefficient (Wildman–Crippen LogP) is 2.53. The van der Waals surface area contributed by atoms with Crippen LogP contribution in [0.15, 0.2) is 24.3 Å². The number of halogens is 1. The number of hydrogen-bond acceptors (Lipinski definition) is 3. The molecule has 0 fully saturated rings. The minimum atomic E-state index is -0.197. The lowest BCUT2D eigenvalue weighted by Gasteiger charge is -2.14. The highest BCUT2D eigenvalue weighted by Gasteiger charge is 2.03. The van der Waals surface area contributed by atoms with Crippen molar-refractivity contribution in [3.8, 4) is 0 Å². The zero-order chi connectivity index (χ0) is 13.2. The van der Waals surface area contributed by atoms with Gasteiger partial charge in [0.2, 0.25) is 0 Å². The Kier molecular flexibility index (Phi) is 7.57. The van der Waals surface area contributed by atoms with Crippen molar-refractivity contribution in [2.75, 3.05) is 33.5 Å². The summed E-state index contributed by atoms with van der Waals surface area (Å²) in [6.07, 6.45) is 0.954. The number of ether oxygens (including phenoxy) is 2. The summed E-state index contributed by atoms with van der Waals surface area (Å²) in [5, 5.41) is 3.38. The van der Waals surface area contributed by atoms with Crippen LogP contribution in [0.2, 0.25) is 0 Å². The van der Waals surface area contributed by atoms with Gasteiger partial charge in [0, 0.05) is 19.8 Å². The zero-order valence-electron chi connectivity index (χ0n) is 11.1. The van der Waals surface area contributed by atoms with E-state index in [-0.39, 0.29) is 11.9 Å². The third-order valence-electron chi connectivity index (χ3n) is 2.72. The summed E-state index contributed by atoms with van der Waals surface area (Å²) in [7, 11) is 1.66. The van der Waals surface area contributed by atoms with Crippen LogP contribution in [0.5, 0.6) is 0 Å². The molecule has 3 nitrogen and oxygen atoms in total. The highest BCUT2D eigenvalue weighted by molar-refractivity contribution is 5.19. The van der Waals surface area contributed by atoms with Crippen LogP contribution in [0.3, 0.4) is 0 Å². The number of hydrogen-bond donors (Lipinski definition) is 1. The number of benzene rings is 1. The maximum Gasteiger partial charge on any atom is 0.123 e. The maximum atomic E-state index is 12.8. The van der Waals surface area contributed by atoms with E-state index < -0.39 is 0 Å². The van der Waals surface area contributed by atoms with Gasteiger partial charge >= 0.3 is 0 Å².